The Morgan fingerprint density at radius 3 is 2.67 bits per heavy atom. The SMILES string of the molecule is COC(=O)C1CCCN(C(=O)C(Cc2cccc(O)c2)NC(=O)C(NC(=O)CCCSSc2ccccn2)C(C)C)N1. The smallest absolute Gasteiger partial charge is 0.324 e. The lowest BCUT2D eigenvalue weighted by Gasteiger charge is -2.35. The Hall–Kier alpha value is -3.29. The van der Waals surface area contributed by atoms with Gasteiger partial charge in [-0.25, -0.2) is 10.4 Å². The molecule has 3 amide bonds. The van der Waals surface area contributed by atoms with Crippen LogP contribution in [-0.2, 0) is 30.3 Å². The van der Waals surface area contributed by atoms with Gasteiger partial charge in [0, 0.05) is 31.3 Å². The third-order valence-corrected chi connectivity index (χ3v) is 8.93. The number of hydrogen-bond donors (Lipinski definition) is 4. The van der Waals surface area contributed by atoms with Gasteiger partial charge in [0.25, 0.3) is 5.91 Å². The summed E-state index contributed by atoms with van der Waals surface area (Å²) in [6, 6.07) is 9.61. The lowest BCUT2D eigenvalue weighted by molar-refractivity contribution is -0.151. The molecule has 3 atom stereocenters. The van der Waals surface area contributed by atoms with E-state index in [1.54, 1.807) is 39.9 Å². The first-order valence-corrected chi connectivity index (χ1v) is 16.2. The highest BCUT2D eigenvalue weighted by Crippen LogP contribution is 2.29. The number of carbonyl (C=O) groups is 4. The second-order valence-corrected chi connectivity index (χ2v) is 12.7. The number of ether oxygens (including phenoxy) is 1. The number of rotatable bonds is 14. The highest BCUT2D eigenvalue weighted by atomic mass is 33.1. The van der Waals surface area contributed by atoms with Crippen LogP contribution in [0.15, 0.2) is 53.7 Å². The summed E-state index contributed by atoms with van der Waals surface area (Å²) in [7, 11) is 4.45. The van der Waals surface area contributed by atoms with Crippen molar-refractivity contribution in [2.45, 2.75) is 69.1 Å². The molecule has 0 spiro atoms. The molecule has 4 N–H and O–H groups in total. The fourth-order valence-electron chi connectivity index (χ4n) is 4.40. The van der Waals surface area contributed by atoms with Crippen LogP contribution in [0.4, 0.5) is 0 Å². The average Bonchev–Trinajstić information content (AvgIpc) is 2.99. The Bertz CT molecular complexity index is 1200. The number of hydrogen-bond acceptors (Lipinski definition) is 10. The molecule has 13 heteroatoms. The molecule has 1 aliphatic heterocycles. The van der Waals surface area contributed by atoms with Crippen LogP contribution in [0.2, 0.25) is 0 Å². The van der Waals surface area contributed by atoms with Gasteiger partial charge in [-0.1, -0.05) is 42.8 Å². The number of phenols is 1. The van der Waals surface area contributed by atoms with Gasteiger partial charge in [0.2, 0.25) is 11.8 Å². The summed E-state index contributed by atoms with van der Waals surface area (Å²) in [6.45, 7) is 3.99. The summed E-state index contributed by atoms with van der Waals surface area (Å²) < 4.78 is 4.83. The fraction of sp³-hybridized carbons (Fsp3) is 0.483. The van der Waals surface area contributed by atoms with E-state index in [9.17, 15) is 24.3 Å². The Morgan fingerprint density at radius 1 is 1.17 bits per heavy atom. The van der Waals surface area contributed by atoms with E-state index in [-0.39, 0.29) is 30.4 Å². The summed E-state index contributed by atoms with van der Waals surface area (Å²) in [4.78, 5) is 56.2. The minimum atomic E-state index is -1.01. The summed E-state index contributed by atoms with van der Waals surface area (Å²) in [5.41, 5.74) is 3.55. The van der Waals surface area contributed by atoms with Gasteiger partial charge in [0.05, 0.1) is 7.11 Å². The molecule has 42 heavy (non-hydrogen) atoms. The Labute approximate surface area is 254 Å². The van der Waals surface area contributed by atoms with Crippen LogP contribution in [0.5, 0.6) is 5.75 Å². The van der Waals surface area contributed by atoms with E-state index in [0.717, 1.165) is 10.8 Å². The van der Waals surface area contributed by atoms with Crippen molar-refractivity contribution in [1.29, 1.82) is 0 Å². The van der Waals surface area contributed by atoms with Gasteiger partial charge in [-0.15, -0.1) is 0 Å². The van der Waals surface area contributed by atoms with E-state index in [4.69, 9.17) is 4.74 Å². The monoisotopic (exact) mass is 617 g/mol. The van der Waals surface area contributed by atoms with Gasteiger partial charge in [0.1, 0.15) is 28.9 Å². The second kappa shape index (κ2) is 17.0. The van der Waals surface area contributed by atoms with E-state index in [1.165, 1.54) is 24.3 Å². The number of amides is 3. The van der Waals surface area contributed by atoms with Crippen molar-refractivity contribution in [2.24, 2.45) is 5.92 Å². The molecule has 1 aromatic heterocycles. The zero-order chi connectivity index (χ0) is 30.5. The van der Waals surface area contributed by atoms with Crippen LogP contribution in [0.25, 0.3) is 0 Å². The minimum absolute atomic E-state index is 0.0378. The normalized spacial score (nSPS) is 16.4. The zero-order valence-electron chi connectivity index (χ0n) is 24.1. The van der Waals surface area contributed by atoms with Crippen LogP contribution in [-0.4, -0.2) is 76.3 Å². The largest absolute Gasteiger partial charge is 0.508 e. The maximum atomic E-state index is 13.6. The topological polar surface area (TPSA) is 150 Å². The van der Waals surface area contributed by atoms with E-state index < -0.39 is 35.9 Å². The summed E-state index contributed by atoms with van der Waals surface area (Å²) in [6.07, 6.45) is 3.81. The molecule has 1 aliphatic rings. The van der Waals surface area contributed by atoms with Gasteiger partial charge in [0.15, 0.2) is 0 Å². The van der Waals surface area contributed by atoms with Crippen molar-refractivity contribution in [3.63, 3.8) is 0 Å². The first-order valence-electron chi connectivity index (χ1n) is 13.9. The summed E-state index contributed by atoms with van der Waals surface area (Å²) in [5.74, 6) is -1.11. The standard InChI is InChI=1S/C29H39N5O6S2/c1-19(2)26(32-24(36)12-8-16-41-42-25-13-4-5-14-30-25)27(37)31-23(18-20-9-6-10-21(35)17-20)28(38)34-15-7-11-22(33-34)29(39)40-3/h4-6,9-10,13-14,17,19,22-23,26,33,35H,7-8,11-12,15-16,18H2,1-3H3,(H,31,37)(H,32,36). The lowest BCUT2D eigenvalue weighted by atomic mass is 10.00. The molecule has 1 aromatic carbocycles. The van der Waals surface area contributed by atoms with Crippen molar-refractivity contribution < 1.29 is 29.0 Å². The molecule has 0 saturated carbocycles. The molecule has 1 fully saturated rings. The number of hydrazine groups is 1. The number of esters is 1. The highest BCUT2D eigenvalue weighted by molar-refractivity contribution is 8.76. The van der Waals surface area contributed by atoms with Crippen LogP contribution < -0.4 is 16.1 Å². The zero-order valence-corrected chi connectivity index (χ0v) is 25.7. The minimum Gasteiger partial charge on any atom is -0.508 e. The van der Waals surface area contributed by atoms with Crippen molar-refractivity contribution in [1.82, 2.24) is 26.1 Å². The van der Waals surface area contributed by atoms with E-state index in [2.05, 4.69) is 21.0 Å². The van der Waals surface area contributed by atoms with Crippen molar-refractivity contribution in [2.75, 3.05) is 19.4 Å². The van der Waals surface area contributed by atoms with Crippen LogP contribution in [0.3, 0.4) is 0 Å². The number of methoxy groups -OCH3 is 1. The third kappa shape index (κ3) is 10.5. The van der Waals surface area contributed by atoms with Crippen LogP contribution in [0.1, 0.15) is 45.1 Å². The predicted octanol–water partition coefficient (Wildman–Crippen LogP) is 2.84. The van der Waals surface area contributed by atoms with Gasteiger partial charge in [-0.3, -0.25) is 24.2 Å². The second-order valence-electron chi connectivity index (χ2n) is 10.2. The number of aromatic hydroxyl groups is 1. The maximum absolute atomic E-state index is 13.6. The van der Waals surface area contributed by atoms with Gasteiger partial charge < -0.3 is 20.5 Å². The van der Waals surface area contributed by atoms with E-state index in [1.807, 2.05) is 32.0 Å². The molecule has 3 rings (SSSR count). The molecule has 0 bridgehead atoms. The van der Waals surface area contributed by atoms with Crippen molar-refractivity contribution in [3.8, 4) is 5.75 Å². The molecular weight excluding hydrogens is 578 g/mol. The molecule has 2 aromatic rings. The van der Waals surface area contributed by atoms with Crippen LogP contribution in [0, 0.1) is 5.92 Å². The summed E-state index contributed by atoms with van der Waals surface area (Å²) >= 11 is 0. The molecule has 3 unspecified atom stereocenters. The first-order chi connectivity index (χ1) is 20.2. The lowest BCUT2D eigenvalue weighted by Crippen LogP contribution is -2.62. The summed E-state index contributed by atoms with van der Waals surface area (Å²) in [5, 5.41) is 17.8. The quantitative estimate of drug-likeness (QED) is 0.142. The van der Waals surface area contributed by atoms with Gasteiger partial charge in [-0.05, 0) is 65.8 Å². The van der Waals surface area contributed by atoms with Gasteiger partial charge in [-0.2, -0.15) is 0 Å². The predicted molar refractivity (Wildman–Crippen MR) is 162 cm³/mol. The number of nitrogens with one attached hydrogen (secondary N) is 3. The Balaban J connectivity index is 1.62. The average molecular weight is 618 g/mol. The Morgan fingerprint density at radius 2 is 1.98 bits per heavy atom. The van der Waals surface area contributed by atoms with E-state index in [0.29, 0.717) is 31.4 Å². The molecule has 1 saturated heterocycles. The Kier molecular flexibility index (Phi) is 13.4. The molecule has 11 nitrogen and oxygen atoms in total. The number of aromatic nitrogens is 1. The number of nitrogens with zero attached hydrogens (tertiary/aromatic N) is 2. The maximum Gasteiger partial charge on any atom is 0.324 e. The number of pyridine rings is 1. The fourth-order valence-corrected chi connectivity index (χ4v) is 6.36. The molecule has 0 aliphatic carbocycles. The van der Waals surface area contributed by atoms with Gasteiger partial charge >= 0.3 is 5.97 Å². The molecule has 228 valence electrons. The highest BCUT2D eigenvalue weighted by Gasteiger charge is 2.34. The number of benzene rings is 1. The first kappa shape index (κ1) is 33.2. The van der Waals surface area contributed by atoms with E-state index >= 15 is 0 Å². The number of carbonyl (C=O) groups excluding carboxylic acids is 4. The van der Waals surface area contributed by atoms with Crippen LogP contribution >= 0.6 is 21.6 Å². The number of phenolic OH excluding ortho intramolecular Hbond substituents is 1. The molecule has 2 heterocycles. The van der Waals surface area contributed by atoms with Crippen molar-refractivity contribution >= 4 is 45.3 Å². The van der Waals surface area contributed by atoms with Crippen molar-refractivity contribution in [3.05, 3.63) is 54.2 Å². The molecular formula is C29H39N5O6S2. The third-order valence-electron chi connectivity index (χ3n) is 6.58. The molecule has 0 radical (unpaired) electrons.